The molecule has 0 bridgehead atoms. The number of halogens is 1. The summed E-state index contributed by atoms with van der Waals surface area (Å²) >= 11 is 0. The highest BCUT2D eigenvalue weighted by atomic mass is 19.1. The lowest BCUT2D eigenvalue weighted by Crippen LogP contribution is -2.50. The zero-order valence-electron chi connectivity index (χ0n) is 19.9. The number of hydrogen-bond donors (Lipinski definition) is 3. The van der Waals surface area contributed by atoms with E-state index in [4.69, 9.17) is 0 Å². The van der Waals surface area contributed by atoms with E-state index in [2.05, 4.69) is 20.6 Å². The van der Waals surface area contributed by atoms with Crippen LogP contribution in [-0.4, -0.2) is 52.2 Å². The Morgan fingerprint density at radius 3 is 2.53 bits per heavy atom. The Hall–Kier alpha value is -4.53. The Labute approximate surface area is 207 Å². The van der Waals surface area contributed by atoms with Gasteiger partial charge in [0.05, 0.1) is 6.54 Å². The van der Waals surface area contributed by atoms with E-state index in [9.17, 15) is 18.8 Å². The molecular weight excluding hydrogens is 461 g/mol. The molecule has 4 aromatic rings. The van der Waals surface area contributed by atoms with Crippen molar-refractivity contribution in [2.45, 2.75) is 19.4 Å². The Balaban J connectivity index is 1.51. The van der Waals surface area contributed by atoms with Gasteiger partial charge in [-0.15, -0.1) is 0 Å². The van der Waals surface area contributed by atoms with Crippen LogP contribution in [0.5, 0.6) is 0 Å². The monoisotopic (exact) mass is 487 g/mol. The molecule has 0 aliphatic carbocycles. The van der Waals surface area contributed by atoms with Gasteiger partial charge in [0.25, 0.3) is 5.91 Å². The first-order valence-corrected chi connectivity index (χ1v) is 11.4. The number of aromatic amines is 1. The standard InChI is InChI=1S/C27H26FN5O3/c1-17-7-12-24(30-14-17)32-25(34)16-33(2)27(36)23(31-26(35)18-8-10-20(28)11-9-18)13-19-15-29-22-6-4-3-5-21(19)22/h3-12,14-15,23,29H,13,16H2,1-2H3,(H,31,35)(H,30,32,34). The number of pyridine rings is 1. The van der Waals surface area contributed by atoms with Gasteiger partial charge in [-0.25, -0.2) is 9.37 Å². The van der Waals surface area contributed by atoms with Crippen molar-refractivity contribution >= 4 is 34.4 Å². The van der Waals surface area contributed by atoms with Gasteiger partial charge in [-0.05, 0) is 54.4 Å². The summed E-state index contributed by atoms with van der Waals surface area (Å²) in [5.74, 6) is -1.46. The molecule has 0 saturated heterocycles. The molecule has 2 heterocycles. The highest BCUT2D eigenvalue weighted by molar-refractivity contribution is 5.99. The number of aromatic nitrogens is 2. The molecule has 2 aromatic heterocycles. The average molecular weight is 488 g/mol. The lowest BCUT2D eigenvalue weighted by Gasteiger charge is -2.24. The molecule has 0 radical (unpaired) electrons. The Bertz CT molecular complexity index is 1380. The molecule has 9 heteroatoms. The van der Waals surface area contributed by atoms with Crippen LogP contribution in [0.4, 0.5) is 10.2 Å². The maximum absolute atomic E-state index is 13.4. The first-order chi connectivity index (χ1) is 17.3. The molecule has 8 nitrogen and oxygen atoms in total. The van der Waals surface area contributed by atoms with Gasteiger partial charge >= 0.3 is 0 Å². The van der Waals surface area contributed by atoms with Crippen LogP contribution in [0.2, 0.25) is 0 Å². The van der Waals surface area contributed by atoms with Crippen LogP contribution in [0.3, 0.4) is 0 Å². The van der Waals surface area contributed by atoms with E-state index in [0.29, 0.717) is 5.82 Å². The lowest BCUT2D eigenvalue weighted by atomic mass is 10.0. The second-order valence-electron chi connectivity index (χ2n) is 8.56. The van der Waals surface area contributed by atoms with E-state index in [1.54, 1.807) is 18.5 Å². The number of anilines is 1. The highest BCUT2D eigenvalue weighted by Crippen LogP contribution is 2.20. The fourth-order valence-electron chi connectivity index (χ4n) is 3.85. The van der Waals surface area contributed by atoms with E-state index in [-0.39, 0.29) is 18.5 Å². The van der Waals surface area contributed by atoms with Gasteiger partial charge in [-0.2, -0.15) is 0 Å². The molecule has 4 rings (SSSR count). The topological polar surface area (TPSA) is 107 Å². The Morgan fingerprint density at radius 1 is 1.06 bits per heavy atom. The normalized spacial score (nSPS) is 11.6. The molecule has 1 unspecified atom stereocenters. The number of likely N-dealkylation sites (N-methyl/N-ethyl adjacent to an activating group) is 1. The Morgan fingerprint density at radius 2 is 1.81 bits per heavy atom. The number of nitrogens with one attached hydrogen (secondary N) is 3. The molecule has 36 heavy (non-hydrogen) atoms. The average Bonchev–Trinajstić information content (AvgIpc) is 3.27. The minimum absolute atomic E-state index is 0.196. The summed E-state index contributed by atoms with van der Waals surface area (Å²) < 4.78 is 13.3. The summed E-state index contributed by atoms with van der Waals surface area (Å²) in [6.07, 6.45) is 3.62. The number of para-hydroxylation sites is 1. The highest BCUT2D eigenvalue weighted by Gasteiger charge is 2.27. The maximum Gasteiger partial charge on any atom is 0.251 e. The summed E-state index contributed by atoms with van der Waals surface area (Å²) in [6, 6.07) is 15.2. The van der Waals surface area contributed by atoms with E-state index in [1.165, 1.54) is 36.2 Å². The molecule has 3 N–H and O–H groups in total. The van der Waals surface area contributed by atoms with Crippen molar-refractivity contribution in [3.63, 3.8) is 0 Å². The second kappa shape index (κ2) is 10.8. The molecule has 1 atom stereocenters. The van der Waals surface area contributed by atoms with Crippen molar-refractivity contribution in [1.82, 2.24) is 20.2 Å². The van der Waals surface area contributed by atoms with Crippen molar-refractivity contribution in [1.29, 1.82) is 0 Å². The molecule has 3 amide bonds. The smallest absolute Gasteiger partial charge is 0.251 e. The van der Waals surface area contributed by atoms with Crippen LogP contribution in [0, 0.1) is 12.7 Å². The number of nitrogens with zero attached hydrogens (tertiary/aromatic N) is 2. The maximum atomic E-state index is 13.4. The fourth-order valence-corrected chi connectivity index (χ4v) is 3.85. The van der Waals surface area contributed by atoms with Crippen molar-refractivity contribution in [2.75, 3.05) is 18.9 Å². The number of fused-ring (bicyclic) bond motifs is 1. The fraction of sp³-hybridized carbons (Fsp3) is 0.185. The largest absolute Gasteiger partial charge is 0.361 e. The molecule has 184 valence electrons. The molecule has 0 spiro atoms. The summed E-state index contributed by atoms with van der Waals surface area (Å²) in [5, 5.41) is 6.35. The van der Waals surface area contributed by atoms with Crippen molar-refractivity contribution in [3.8, 4) is 0 Å². The summed E-state index contributed by atoms with van der Waals surface area (Å²) in [4.78, 5) is 47.4. The first-order valence-electron chi connectivity index (χ1n) is 11.4. The number of hydrogen-bond acceptors (Lipinski definition) is 4. The number of benzene rings is 2. The zero-order chi connectivity index (χ0) is 25.7. The summed E-state index contributed by atoms with van der Waals surface area (Å²) in [7, 11) is 1.50. The quantitative estimate of drug-likeness (QED) is 0.354. The number of aryl methyl sites for hydroxylation is 1. The number of H-pyrrole nitrogens is 1. The number of rotatable bonds is 8. The third-order valence-corrected chi connectivity index (χ3v) is 5.74. The minimum atomic E-state index is -0.961. The molecular formula is C27H26FN5O3. The summed E-state index contributed by atoms with van der Waals surface area (Å²) in [6.45, 7) is 1.66. The van der Waals surface area contributed by atoms with Crippen molar-refractivity contribution in [3.05, 3.63) is 95.6 Å². The number of carbonyl (C=O) groups is 3. The van der Waals surface area contributed by atoms with Crippen LogP contribution in [0.25, 0.3) is 10.9 Å². The number of amides is 3. The van der Waals surface area contributed by atoms with E-state index in [0.717, 1.165) is 22.0 Å². The van der Waals surface area contributed by atoms with Crippen LogP contribution in [0.15, 0.2) is 73.1 Å². The van der Waals surface area contributed by atoms with Gasteiger partial charge < -0.3 is 20.5 Å². The van der Waals surface area contributed by atoms with Crippen LogP contribution in [0.1, 0.15) is 21.5 Å². The molecule has 0 aliphatic heterocycles. The van der Waals surface area contributed by atoms with Gasteiger partial charge in [0.2, 0.25) is 11.8 Å². The van der Waals surface area contributed by atoms with Gasteiger partial charge in [-0.1, -0.05) is 24.3 Å². The van der Waals surface area contributed by atoms with E-state index < -0.39 is 29.6 Å². The van der Waals surface area contributed by atoms with Crippen LogP contribution < -0.4 is 10.6 Å². The predicted molar refractivity (Wildman–Crippen MR) is 135 cm³/mol. The van der Waals surface area contributed by atoms with Crippen molar-refractivity contribution < 1.29 is 18.8 Å². The van der Waals surface area contributed by atoms with Gasteiger partial charge in [0.1, 0.15) is 17.7 Å². The van der Waals surface area contributed by atoms with Gasteiger partial charge in [0, 0.05) is 42.3 Å². The van der Waals surface area contributed by atoms with Crippen LogP contribution >= 0.6 is 0 Å². The molecule has 0 saturated carbocycles. The third kappa shape index (κ3) is 5.93. The van der Waals surface area contributed by atoms with Gasteiger partial charge in [-0.3, -0.25) is 14.4 Å². The molecule has 0 aliphatic rings. The number of carbonyl (C=O) groups excluding carboxylic acids is 3. The minimum Gasteiger partial charge on any atom is -0.361 e. The second-order valence-corrected chi connectivity index (χ2v) is 8.56. The Kier molecular flexibility index (Phi) is 7.39. The third-order valence-electron chi connectivity index (χ3n) is 5.74. The summed E-state index contributed by atoms with van der Waals surface area (Å²) in [5.41, 5.74) is 2.92. The SMILES string of the molecule is Cc1ccc(NC(=O)CN(C)C(=O)C(Cc2c[nH]c3ccccc23)NC(=O)c2ccc(F)cc2)nc1. The van der Waals surface area contributed by atoms with Crippen LogP contribution in [-0.2, 0) is 16.0 Å². The molecule has 2 aromatic carbocycles. The lowest BCUT2D eigenvalue weighted by molar-refractivity contribution is -0.135. The van der Waals surface area contributed by atoms with Gasteiger partial charge in [0.15, 0.2) is 0 Å². The van der Waals surface area contributed by atoms with Crippen molar-refractivity contribution in [2.24, 2.45) is 0 Å². The molecule has 0 fully saturated rings. The van der Waals surface area contributed by atoms with E-state index >= 15 is 0 Å². The zero-order valence-corrected chi connectivity index (χ0v) is 19.9. The predicted octanol–water partition coefficient (Wildman–Crippen LogP) is 3.45. The first kappa shape index (κ1) is 24.6. The van der Waals surface area contributed by atoms with E-state index in [1.807, 2.05) is 37.3 Å².